The van der Waals surface area contributed by atoms with E-state index in [2.05, 4.69) is 6.92 Å². The van der Waals surface area contributed by atoms with Gasteiger partial charge in [0.15, 0.2) is 0 Å². The number of rotatable bonds is 12. The zero-order valence-electron chi connectivity index (χ0n) is 12.8. The number of ether oxygens (including phenoxy) is 2. The second-order valence-electron chi connectivity index (χ2n) is 4.83. The van der Waals surface area contributed by atoms with Crippen LogP contribution in [0.15, 0.2) is 0 Å². The maximum absolute atomic E-state index is 12.2. The van der Waals surface area contributed by atoms with Crippen molar-refractivity contribution in [3.8, 4) is 0 Å². The van der Waals surface area contributed by atoms with E-state index in [0.29, 0.717) is 6.42 Å². The summed E-state index contributed by atoms with van der Waals surface area (Å²) in [5.74, 6) is -0.671. The van der Waals surface area contributed by atoms with Crippen LogP contribution in [-0.2, 0) is 19.1 Å². The largest absolute Gasteiger partial charge is 0.466 e. The fourth-order valence-electron chi connectivity index (χ4n) is 2.17. The molecule has 0 saturated heterocycles. The number of alkyl halides is 1. The summed E-state index contributed by atoms with van der Waals surface area (Å²) in [4.78, 5) is 23.6. The Labute approximate surface area is 127 Å². The molecule has 0 aliphatic carbocycles. The van der Waals surface area contributed by atoms with Crippen molar-refractivity contribution >= 4 is 23.4 Å². The molecule has 0 N–H and O–H groups in total. The quantitative estimate of drug-likeness (QED) is 0.240. The van der Waals surface area contributed by atoms with Crippen LogP contribution in [-0.4, -0.2) is 37.5 Å². The minimum absolute atomic E-state index is 0.132. The SMILES string of the molecule is CCCCCC[C@H](C(=O)CC(=O)OCC)[C@@H](CCl)OC. The molecule has 5 heteroatoms. The van der Waals surface area contributed by atoms with Gasteiger partial charge in [-0.2, -0.15) is 0 Å². The van der Waals surface area contributed by atoms with Crippen molar-refractivity contribution in [2.45, 2.75) is 58.5 Å². The van der Waals surface area contributed by atoms with Gasteiger partial charge in [0, 0.05) is 18.9 Å². The number of hydrogen-bond donors (Lipinski definition) is 0. The van der Waals surface area contributed by atoms with Crippen molar-refractivity contribution in [3.63, 3.8) is 0 Å². The lowest BCUT2D eigenvalue weighted by molar-refractivity contribution is -0.147. The first-order valence-corrected chi connectivity index (χ1v) is 7.91. The maximum Gasteiger partial charge on any atom is 0.313 e. The van der Waals surface area contributed by atoms with E-state index >= 15 is 0 Å². The van der Waals surface area contributed by atoms with E-state index in [-0.39, 0.29) is 36.7 Å². The number of esters is 1. The second-order valence-corrected chi connectivity index (χ2v) is 5.14. The highest BCUT2D eigenvalue weighted by molar-refractivity contribution is 6.18. The van der Waals surface area contributed by atoms with Crippen LogP contribution in [0, 0.1) is 5.92 Å². The molecular formula is C15H27ClO4. The van der Waals surface area contributed by atoms with E-state index in [1.54, 1.807) is 14.0 Å². The topological polar surface area (TPSA) is 52.6 Å². The predicted octanol–water partition coefficient (Wildman–Crippen LogP) is 3.35. The molecule has 118 valence electrons. The number of carbonyl (C=O) groups excluding carboxylic acids is 2. The average molecular weight is 307 g/mol. The summed E-state index contributed by atoms with van der Waals surface area (Å²) in [5.41, 5.74) is 0. The summed E-state index contributed by atoms with van der Waals surface area (Å²) in [5, 5.41) is 0. The first kappa shape index (κ1) is 19.4. The van der Waals surface area contributed by atoms with Crippen LogP contribution in [0.5, 0.6) is 0 Å². The van der Waals surface area contributed by atoms with Gasteiger partial charge in [-0.25, -0.2) is 0 Å². The number of hydrogen-bond acceptors (Lipinski definition) is 4. The molecule has 0 aromatic rings. The Morgan fingerprint density at radius 2 is 1.85 bits per heavy atom. The molecule has 2 atom stereocenters. The Kier molecular flexibility index (Phi) is 11.8. The van der Waals surface area contributed by atoms with Gasteiger partial charge < -0.3 is 9.47 Å². The van der Waals surface area contributed by atoms with Crippen LogP contribution in [0.1, 0.15) is 52.4 Å². The molecule has 0 aromatic carbocycles. The molecule has 0 aromatic heterocycles. The summed E-state index contributed by atoms with van der Waals surface area (Å²) >= 11 is 5.85. The normalized spacial score (nSPS) is 13.8. The minimum atomic E-state index is -0.472. The molecule has 0 rings (SSSR count). The van der Waals surface area contributed by atoms with Crippen LogP contribution in [0.2, 0.25) is 0 Å². The van der Waals surface area contributed by atoms with Gasteiger partial charge in [-0.05, 0) is 13.3 Å². The molecule has 0 bridgehead atoms. The first-order valence-electron chi connectivity index (χ1n) is 7.37. The van der Waals surface area contributed by atoms with Crippen LogP contribution in [0.4, 0.5) is 0 Å². The second kappa shape index (κ2) is 12.2. The predicted molar refractivity (Wildman–Crippen MR) is 80.0 cm³/mol. The monoisotopic (exact) mass is 306 g/mol. The molecule has 0 spiro atoms. The van der Waals surface area contributed by atoms with Crippen molar-refractivity contribution in [2.75, 3.05) is 19.6 Å². The van der Waals surface area contributed by atoms with E-state index in [1.807, 2.05) is 0 Å². The molecule has 0 amide bonds. The van der Waals surface area contributed by atoms with Crippen LogP contribution < -0.4 is 0 Å². The number of halogens is 1. The third-order valence-electron chi connectivity index (χ3n) is 3.31. The van der Waals surface area contributed by atoms with Crippen molar-refractivity contribution in [2.24, 2.45) is 5.92 Å². The van der Waals surface area contributed by atoms with Crippen LogP contribution in [0.3, 0.4) is 0 Å². The molecule has 0 heterocycles. The van der Waals surface area contributed by atoms with Gasteiger partial charge in [-0.1, -0.05) is 32.6 Å². The zero-order valence-corrected chi connectivity index (χ0v) is 13.6. The van der Waals surface area contributed by atoms with Gasteiger partial charge >= 0.3 is 5.97 Å². The summed E-state index contributed by atoms with van der Waals surface area (Å²) in [6.07, 6.45) is 4.51. The molecule has 0 radical (unpaired) electrons. The highest BCUT2D eigenvalue weighted by atomic mass is 35.5. The lowest BCUT2D eigenvalue weighted by Crippen LogP contribution is -2.33. The standard InChI is InChI=1S/C15H27ClO4/c1-4-6-7-8-9-12(14(11-16)19-3)13(17)10-15(18)20-5-2/h12,14H,4-11H2,1-3H3/t12-,14-/m1/s1. The number of methoxy groups -OCH3 is 1. The average Bonchev–Trinajstić information content (AvgIpc) is 2.42. The Morgan fingerprint density at radius 1 is 1.15 bits per heavy atom. The minimum Gasteiger partial charge on any atom is -0.466 e. The Bertz CT molecular complexity index is 277. The van der Waals surface area contributed by atoms with Crippen LogP contribution >= 0.6 is 11.6 Å². The summed E-state index contributed by atoms with van der Waals surface area (Å²) < 4.78 is 10.1. The number of Topliss-reactive ketones (excluding diaryl/α,β-unsaturated/α-hetero) is 1. The number of carbonyl (C=O) groups is 2. The third-order valence-corrected chi connectivity index (χ3v) is 3.61. The van der Waals surface area contributed by atoms with Crippen molar-refractivity contribution in [3.05, 3.63) is 0 Å². The number of unbranched alkanes of at least 4 members (excludes halogenated alkanes) is 3. The zero-order chi connectivity index (χ0) is 15.4. The van der Waals surface area contributed by atoms with Crippen molar-refractivity contribution < 1.29 is 19.1 Å². The fraction of sp³-hybridized carbons (Fsp3) is 0.867. The van der Waals surface area contributed by atoms with E-state index < -0.39 is 5.97 Å². The molecule has 0 aliphatic rings. The third kappa shape index (κ3) is 7.85. The van der Waals surface area contributed by atoms with Gasteiger partial charge in [-0.15, -0.1) is 11.6 Å². The Balaban J connectivity index is 4.48. The van der Waals surface area contributed by atoms with E-state index in [0.717, 1.165) is 25.7 Å². The summed E-state index contributed by atoms with van der Waals surface area (Å²) in [6, 6.07) is 0. The van der Waals surface area contributed by atoms with E-state index in [9.17, 15) is 9.59 Å². The molecule has 0 unspecified atom stereocenters. The first-order chi connectivity index (χ1) is 9.60. The Morgan fingerprint density at radius 3 is 2.35 bits per heavy atom. The smallest absolute Gasteiger partial charge is 0.313 e. The molecule has 0 saturated carbocycles. The van der Waals surface area contributed by atoms with Crippen molar-refractivity contribution in [1.29, 1.82) is 0 Å². The lowest BCUT2D eigenvalue weighted by Gasteiger charge is -2.23. The Hall–Kier alpha value is -0.610. The van der Waals surface area contributed by atoms with Gasteiger partial charge in [0.1, 0.15) is 12.2 Å². The van der Waals surface area contributed by atoms with Gasteiger partial charge in [0.25, 0.3) is 0 Å². The van der Waals surface area contributed by atoms with Gasteiger partial charge in [0.05, 0.1) is 12.7 Å². The van der Waals surface area contributed by atoms with E-state index in [1.165, 1.54) is 0 Å². The summed E-state index contributed by atoms with van der Waals surface area (Å²) in [7, 11) is 1.55. The molecule has 0 fully saturated rings. The highest BCUT2D eigenvalue weighted by Gasteiger charge is 2.28. The number of ketones is 1. The molecule has 4 nitrogen and oxygen atoms in total. The maximum atomic E-state index is 12.2. The molecule has 0 aliphatic heterocycles. The molecular weight excluding hydrogens is 280 g/mol. The lowest BCUT2D eigenvalue weighted by atomic mass is 9.90. The summed E-state index contributed by atoms with van der Waals surface area (Å²) in [6.45, 7) is 4.15. The van der Waals surface area contributed by atoms with E-state index in [4.69, 9.17) is 21.1 Å². The highest BCUT2D eigenvalue weighted by Crippen LogP contribution is 2.20. The fourth-order valence-corrected chi connectivity index (χ4v) is 2.51. The van der Waals surface area contributed by atoms with Gasteiger partial charge in [-0.3, -0.25) is 9.59 Å². The molecule has 20 heavy (non-hydrogen) atoms. The van der Waals surface area contributed by atoms with Gasteiger partial charge in [0.2, 0.25) is 0 Å². The van der Waals surface area contributed by atoms with Crippen molar-refractivity contribution in [1.82, 2.24) is 0 Å². The van der Waals surface area contributed by atoms with Crippen LogP contribution in [0.25, 0.3) is 0 Å².